The summed E-state index contributed by atoms with van der Waals surface area (Å²) in [6.07, 6.45) is 2.96. The van der Waals surface area contributed by atoms with Gasteiger partial charge in [-0.25, -0.2) is 13.1 Å². The molecule has 0 fully saturated rings. The topological polar surface area (TPSA) is 115 Å². The second-order valence-electron chi connectivity index (χ2n) is 5.72. The maximum Gasteiger partial charge on any atom is 0.305 e. The number of carbonyl (C=O) groups excluding carboxylic acids is 2. The Morgan fingerprint density at radius 2 is 1.96 bits per heavy atom. The van der Waals surface area contributed by atoms with E-state index in [0.717, 1.165) is 0 Å². The zero-order valence-electron chi connectivity index (χ0n) is 14.9. The van der Waals surface area contributed by atoms with Gasteiger partial charge in [-0.1, -0.05) is 6.07 Å². The maximum atomic E-state index is 12.4. The Hall–Kier alpha value is -2.65. The quantitative estimate of drug-likeness (QED) is 0.469. The highest BCUT2D eigenvalue weighted by atomic mass is 32.2. The summed E-state index contributed by atoms with van der Waals surface area (Å²) >= 11 is 0. The van der Waals surface area contributed by atoms with Gasteiger partial charge in [-0.05, 0) is 43.2 Å². The molecule has 9 heteroatoms. The molecule has 0 atom stereocenters. The van der Waals surface area contributed by atoms with Crippen LogP contribution in [0.5, 0.6) is 0 Å². The number of amides is 1. The van der Waals surface area contributed by atoms with Crippen molar-refractivity contribution in [1.29, 1.82) is 0 Å². The summed E-state index contributed by atoms with van der Waals surface area (Å²) in [4.78, 5) is 23.2. The fourth-order valence-corrected chi connectivity index (χ4v) is 3.31. The molecule has 1 aromatic heterocycles. The first kappa shape index (κ1) is 20.7. The molecule has 0 spiro atoms. The van der Waals surface area contributed by atoms with E-state index in [1.54, 1.807) is 12.1 Å². The Morgan fingerprint density at radius 1 is 1.15 bits per heavy atom. The van der Waals surface area contributed by atoms with Crippen LogP contribution >= 0.6 is 0 Å². The lowest BCUT2D eigenvalue weighted by atomic mass is 10.2. The number of unbranched alkanes of at least 4 members (excludes halogenated alkanes) is 1. The van der Waals surface area contributed by atoms with E-state index in [1.807, 2.05) is 0 Å². The van der Waals surface area contributed by atoms with E-state index < -0.39 is 10.0 Å². The van der Waals surface area contributed by atoms with Crippen LogP contribution in [0.3, 0.4) is 0 Å². The van der Waals surface area contributed by atoms with Crippen molar-refractivity contribution in [3.8, 4) is 0 Å². The van der Waals surface area contributed by atoms with Crippen LogP contribution in [0.4, 0.5) is 0 Å². The summed E-state index contributed by atoms with van der Waals surface area (Å²) in [7, 11) is -2.45. The van der Waals surface area contributed by atoms with Crippen molar-refractivity contribution in [3.63, 3.8) is 0 Å². The minimum atomic E-state index is -3.78. The Kier molecular flexibility index (Phi) is 7.56. The lowest BCUT2D eigenvalue weighted by Gasteiger charge is -2.08. The van der Waals surface area contributed by atoms with Gasteiger partial charge in [0.25, 0.3) is 5.91 Å². The summed E-state index contributed by atoms with van der Waals surface area (Å²) in [5, 5.41) is 2.70. The van der Waals surface area contributed by atoms with Gasteiger partial charge in [-0.2, -0.15) is 0 Å². The number of methoxy groups -OCH3 is 1. The minimum absolute atomic E-state index is 0.00704. The molecule has 1 amide bonds. The van der Waals surface area contributed by atoms with Crippen LogP contribution < -0.4 is 10.0 Å². The summed E-state index contributed by atoms with van der Waals surface area (Å²) in [5.74, 6) is -0.183. The van der Waals surface area contributed by atoms with Crippen LogP contribution in [0, 0.1) is 0 Å². The number of benzene rings is 1. The third-order valence-corrected chi connectivity index (χ3v) is 5.14. The zero-order valence-corrected chi connectivity index (χ0v) is 15.8. The molecule has 0 bridgehead atoms. The van der Waals surface area contributed by atoms with E-state index in [9.17, 15) is 18.0 Å². The lowest BCUT2D eigenvalue weighted by molar-refractivity contribution is -0.140. The van der Waals surface area contributed by atoms with Crippen LogP contribution in [0.25, 0.3) is 0 Å². The molecule has 2 aromatic rings. The molecule has 0 aliphatic rings. The van der Waals surface area contributed by atoms with Crippen molar-refractivity contribution < 1.29 is 27.2 Å². The van der Waals surface area contributed by atoms with Crippen LogP contribution in [0.2, 0.25) is 0 Å². The van der Waals surface area contributed by atoms with E-state index in [-0.39, 0.29) is 28.9 Å². The van der Waals surface area contributed by atoms with Crippen molar-refractivity contribution in [2.75, 3.05) is 13.7 Å². The van der Waals surface area contributed by atoms with Crippen LogP contribution in [0.1, 0.15) is 35.4 Å². The number of hydrogen-bond acceptors (Lipinski definition) is 6. The second-order valence-corrected chi connectivity index (χ2v) is 7.49. The van der Waals surface area contributed by atoms with Crippen LogP contribution in [0.15, 0.2) is 52.0 Å². The van der Waals surface area contributed by atoms with Gasteiger partial charge in [-0.3, -0.25) is 9.59 Å². The lowest BCUT2D eigenvalue weighted by Crippen LogP contribution is -2.26. The molecule has 0 saturated heterocycles. The molecule has 0 aliphatic carbocycles. The number of rotatable bonds is 10. The van der Waals surface area contributed by atoms with Gasteiger partial charge in [0, 0.05) is 18.5 Å². The summed E-state index contributed by atoms with van der Waals surface area (Å²) in [6.45, 7) is 0.398. The monoisotopic (exact) mass is 394 g/mol. The van der Waals surface area contributed by atoms with Crippen LogP contribution in [-0.4, -0.2) is 33.9 Å². The molecule has 2 rings (SSSR count). The fourth-order valence-electron chi connectivity index (χ4n) is 2.27. The first-order valence-corrected chi connectivity index (χ1v) is 9.88. The number of furan rings is 1. The molecule has 0 radical (unpaired) electrons. The molecule has 146 valence electrons. The highest BCUT2D eigenvalue weighted by Crippen LogP contribution is 2.12. The van der Waals surface area contributed by atoms with Gasteiger partial charge >= 0.3 is 5.97 Å². The second kappa shape index (κ2) is 9.89. The molecule has 1 heterocycles. The van der Waals surface area contributed by atoms with E-state index in [0.29, 0.717) is 31.6 Å². The number of esters is 1. The largest absolute Gasteiger partial charge is 0.469 e. The first-order chi connectivity index (χ1) is 12.9. The molecule has 0 aliphatic heterocycles. The van der Waals surface area contributed by atoms with Gasteiger partial charge in [0.1, 0.15) is 5.76 Å². The molecule has 27 heavy (non-hydrogen) atoms. The normalized spacial score (nSPS) is 11.1. The molecule has 1 aromatic carbocycles. The Balaban J connectivity index is 1.89. The molecule has 0 unspecified atom stereocenters. The van der Waals surface area contributed by atoms with Crippen LogP contribution in [-0.2, 0) is 26.1 Å². The average molecular weight is 394 g/mol. The molecular formula is C18H22N2O6S. The number of nitrogens with one attached hydrogen (secondary N) is 2. The highest BCUT2D eigenvalue weighted by Gasteiger charge is 2.16. The summed E-state index contributed by atoms with van der Waals surface area (Å²) in [5.41, 5.74) is 0.240. The van der Waals surface area contributed by atoms with Crippen molar-refractivity contribution in [2.45, 2.75) is 30.7 Å². The van der Waals surface area contributed by atoms with Crippen molar-refractivity contribution in [3.05, 3.63) is 54.0 Å². The Labute approximate surface area is 157 Å². The minimum Gasteiger partial charge on any atom is -0.469 e. The van der Waals surface area contributed by atoms with Crippen molar-refractivity contribution in [2.24, 2.45) is 0 Å². The van der Waals surface area contributed by atoms with Gasteiger partial charge in [-0.15, -0.1) is 0 Å². The summed E-state index contributed by atoms with van der Waals surface area (Å²) in [6, 6.07) is 9.10. The molecule has 2 N–H and O–H groups in total. The van der Waals surface area contributed by atoms with Gasteiger partial charge in [0.15, 0.2) is 0 Å². The van der Waals surface area contributed by atoms with Crippen molar-refractivity contribution in [1.82, 2.24) is 10.0 Å². The average Bonchev–Trinajstić information content (AvgIpc) is 3.19. The van der Waals surface area contributed by atoms with Crippen molar-refractivity contribution >= 4 is 21.9 Å². The Morgan fingerprint density at radius 3 is 2.67 bits per heavy atom. The zero-order chi connectivity index (χ0) is 19.7. The Bertz CT molecular complexity index is 862. The third-order valence-electron chi connectivity index (χ3n) is 3.74. The van der Waals surface area contributed by atoms with Gasteiger partial charge in [0.05, 0.1) is 24.8 Å². The SMILES string of the molecule is COC(=O)CCCCNC(=O)c1cccc(S(=O)(=O)NCc2ccco2)c1. The van der Waals surface area contributed by atoms with Gasteiger partial charge < -0.3 is 14.5 Å². The highest BCUT2D eigenvalue weighted by molar-refractivity contribution is 7.89. The smallest absolute Gasteiger partial charge is 0.305 e. The molecule has 0 saturated carbocycles. The van der Waals surface area contributed by atoms with E-state index in [4.69, 9.17) is 4.42 Å². The summed E-state index contributed by atoms with van der Waals surface area (Å²) < 4.78 is 36.8. The van der Waals surface area contributed by atoms with E-state index in [2.05, 4.69) is 14.8 Å². The predicted molar refractivity (Wildman–Crippen MR) is 97.4 cm³/mol. The van der Waals surface area contributed by atoms with E-state index in [1.165, 1.54) is 37.6 Å². The maximum absolute atomic E-state index is 12.4. The standard InChI is InChI=1S/C18H22N2O6S/c1-25-17(21)9-2-3-10-19-18(22)14-6-4-8-16(12-14)27(23,24)20-13-15-7-5-11-26-15/h4-8,11-12,20H,2-3,9-10,13H2,1H3,(H,19,22). The van der Waals surface area contributed by atoms with Gasteiger partial charge in [0.2, 0.25) is 10.0 Å². The number of sulfonamides is 1. The number of hydrogen-bond donors (Lipinski definition) is 2. The number of carbonyl (C=O) groups is 2. The number of ether oxygens (including phenoxy) is 1. The predicted octanol–water partition coefficient (Wildman–Crippen LogP) is 1.83. The molecule has 8 nitrogen and oxygen atoms in total. The fraction of sp³-hybridized carbons (Fsp3) is 0.333. The molecular weight excluding hydrogens is 372 g/mol. The van der Waals surface area contributed by atoms with E-state index >= 15 is 0 Å². The third kappa shape index (κ3) is 6.54. The first-order valence-electron chi connectivity index (χ1n) is 8.39.